The maximum Gasteiger partial charge on any atom is 0.416 e. The van der Waals surface area contributed by atoms with Crippen LogP contribution in [0.1, 0.15) is 124 Å². The normalized spacial score (nSPS) is 19.7. The molecule has 0 spiro atoms. The molecule has 73 heavy (non-hydrogen) atoms. The minimum atomic E-state index is -4.62. The van der Waals surface area contributed by atoms with Gasteiger partial charge in [0.2, 0.25) is 26.0 Å². The molecule has 15 nitrogen and oxygen atoms in total. The monoisotopic (exact) mass is 1100 g/mol. The molecular weight excluding hydrogens is 1030 g/mol. The number of likely N-dealkylation sites (N-methyl/N-ethyl adjacent to an activating group) is 2. The third kappa shape index (κ3) is 18.5. The third-order valence-electron chi connectivity index (χ3n) is 12.5. The van der Waals surface area contributed by atoms with Crippen LogP contribution in [-0.4, -0.2) is 140 Å². The first kappa shape index (κ1) is 63.6. The van der Waals surface area contributed by atoms with Gasteiger partial charge in [0.15, 0.2) is 0 Å². The number of rotatable bonds is 16. The molecule has 2 saturated heterocycles. The Bertz CT molecular complexity index is 2360. The van der Waals surface area contributed by atoms with Crippen molar-refractivity contribution < 1.29 is 67.4 Å². The molecule has 6 rings (SSSR count). The predicted octanol–water partition coefficient (Wildman–Crippen LogP) is 8.87. The molecule has 416 valence electrons. The number of hydrogen-bond acceptors (Lipinski definition) is 10. The first-order valence-corrected chi connectivity index (χ1v) is 27.4. The number of nitrogens with one attached hydrogen (secondary N) is 2. The highest BCUT2D eigenvalue weighted by Gasteiger charge is 2.46. The van der Waals surface area contributed by atoms with Gasteiger partial charge in [-0.05, 0) is 147 Å². The molecule has 2 aliphatic heterocycles. The molecule has 2 amide bonds. The summed E-state index contributed by atoms with van der Waals surface area (Å²) in [5.41, 5.74) is -2.54. The van der Waals surface area contributed by atoms with Gasteiger partial charge in [-0.15, -0.1) is 12.4 Å². The number of alkyl halides is 6. The van der Waals surface area contributed by atoms with Crippen molar-refractivity contribution in [1.29, 1.82) is 0 Å². The summed E-state index contributed by atoms with van der Waals surface area (Å²) in [6.07, 6.45) is -2.98. The maximum absolute atomic E-state index is 13.4. The van der Waals surface area contributed by atoms with Crippen LogP contribution in [0.4, 0.5) is 31.1 Å². The molecule has 4 fully saturated rings. The molecule has 24 heteroatoms. The number of ether oxygens (including phenoxy) is 1. The minimum absolute atomic E-state index is 0. The molecule has 3 N–H and O–H groups in total. The number of piperidine rings is 2. The maximum atomic E-state index is 13.4. The average Bonchev–Trinajstić information content (AvgIpc) is 4.24. The van der Waals surface area contributed by atoms with Crippen molar-refractivity contribution in [1.82, 2.24) is 29.0 Å². The molecule has 4 aliphatic rings. The van der Waals surface area contributed by atoms with Gasteiger partial charge in [-0.2, -0.15) is 35.0 Å². The molecule has 2 aliphatic carbocycles. The fraction of sp³-hybridized carbons (Fsp3) is 0.694. The van der Waals surface area contributed by atoms with E-state index in [0.29, 0.717) is 63.6 Å². The van der Waals surface area contributed by atoms with Gasteiger partial charge in [-0.25, -0.2) is 26.4 Å². The first-order valence-electron chi connectivity index (χ1n) is 24.6. The van der Waals surface area contributed by atoms with E-state index in [1.165, 1.54) is 27.8 Å². The van der Waals surface area contributed by atoms with Crippen LogP contribution in [-0.2, 0) is 46.7 Å². The number of carboxylic acid groups (broad SMARTS) is 1. The Labute approximate surface area is 433 Å². The van der Waals surface area contributed by atoms with Crippen molar-refractivity contribution in [3.8, 4) is 0 Å². The third-order valence-corrected chi connectivity index (χ3v) is 16.5. The number of likely N-dealkylation sites (tertiary alicyclic amines) is 1. The summed E-state index contributed by atoms with van der Waals surface area (Å²) in [6, 6.07) is 5.81. The van der Waals surface area contributed by atoms with E-state index < -0.39 is 73.3 Å². The minimum Gasteiger partial charge on any atom is -0.480 e. The number of carboxylic acids is 1. The average molecular weight is 1110 g/mol. The van der Waals surface area contributed by atoms with Gasteiger partial charge in [0.1, 0.15) is 11.6 Å². The summed E-state index contributed by atoms with van der Waals surface area (Å²) in [7, 11) is -4.87. The van der Waals surface area contributed by atoms with Crippen molar-refractivity contribution >= 4 is 50.4 Å². The summed E-state index contributed by atoms with van der Waals surface area (Å²) in [6.45, 7) is 15.3. The van der Waals surface area contributed by atoms with Crippen molar-refractivity contribution in [2.45, 2.75) is 177 Å². The molecule has 0 bridgehead atoms. The molecule has 2 aromatic carbocycles. The number of nitrogens with zero attached hydrogens (tertiary/aromatic N) is 4. The zero-order valence-electron chi connectivity index (χ0n) is 43.1. The molecule has 2 heterocycles. The molecule has 3 unspecified atom stereocenters. The summed E-state index contributed by atoms with van der Waals surface area (Å²) in [5, 5.41) is 15.3. The van der Waals surface area contributed by atoms with Gasteiger partial charge >= 0.3 is 24.4 Å². The van der Waals surface area contributed by atoms with Gasteiger partial charge in [0, 0.05) is 50.8 Å². The van der Waals surface area contributed by atoms with Crippen molar-refractivity contribution in [3.05, 3.63) is 59.7 Å². The number of carbonyl (C=O) groups is 3. The summed E-state index contributed by atoms with van der Waals surface area (Å²) in [4.78, 5) is 38.1. The van der Waals surface area contributed by atoms with Gasteiger partial charge in [0.25, 0.3) is 0 Å². The lowest BCUT2D eigenvalue weighted by atomic mass is 10.00. The molecule has 2 saturated carbocycles. The SMILES string of the molecule is CC(C)CC(C(=O)O)N(C)C(=O)OC(C)(C)C.CN[C@@H](CC(C)C)C(=O)N1CCCC(N(C2CC2)S(=O)(=O)c2cccc(C(F)(F)F)c2)C1.Cl.O=S(=O)(c1cccc(C(F)(F)F)c1)N(C1CC1)C1CCCNC1. The van der Waals surface area contributed by atoms with E-state index in [9.17, 15) is 57.6 Å². The largest absolute Gasteiger partial charge is 0.480 e. The quantitative estimate of drug-likeness (QED) is 0.136. The van der Waals surface area contributed by atoms with Crippen LogP contribution in [0.25, 0.3) is 0 Å². The number of carbonyl (C=O) groups excluding carboxylic acids is 2. The summed E-state index contributed by atoms with van der Waals surface area (Å²) in [5.74, 6) is -0.549. The standard InChI is InChI=1S/C22H32F3N3O3S.C15H19F3N2O2S.C12H23NO4.ClH/c1-15(2)12-20(26-3)21(29)27-11-5-7-18(14-27)28(17-9-10-17)32(30,31)19-8-4-6-16(13-19)22(23,24)25;16-15(17,18)11-3-1-5-14(9-11)23(21,22)20(12-6-7-12)13-4-2-8-19-10-13;1-8(2)7-9(10(14)15)13(6)11(16)17-12(3,4)5;/h4,6,8,13,15,17-18,20,26H,5,7,9-12,14H2,1-3H3;1,3,5,9,12-13,19H,2,4,6-8,10H2;8-9H,7H2,1-6H3,(H,14,15);1H/t18?,20-;;;/m0.../s1. The molecular formula is C49H75ClF6N6O9S2. The number of amides is 2. The van der Waals surface area contributed by atoms with Crippen LogP contribution in [0.15, 0.2) is 58.3 Å². The number of aliphatic carboxylic acids is 1. The van der Waals surface area contributed by atoms with Crippen molar-refractivity contribution in [3.63, 3.8) is 0 Å². The van der Waals surface area contributed by atoms with E-state index in [-0.39, 0.29) is 64.7 Å². The van der Waals surface area contributed by atoms with Crippen LogP contribution >= 0.6 is 12.4 Å². The van der Waals surface area contributed by atoms with Gasteiger partial charge in [-0.3, -0.25) is 9.69 Å². The van der Waals surface area contributed by atoms with Gasteiger partial charge < -0.3 is 25.4 Å². The number of halogens is 7. The lowest BCUT2D eigenvalue weighted by molar-refractivity contribution is -0.143. The Morgan fingerprint density at radius 1 is 0.753 bits per heavy atom. The predicted molar refractivity (Wildman–Crippen MR) is 267 cm³/mol. The first-order chi connectivity index (χ1) is 33.3. The van der Waals surface area contributed by atoms with E-state index in [1.807, 2.05) is 27.7 Å². The second-order valence-electron chi connectivity index (χ2n) is 20.8. The van der Waals surface area contributed by atoms with E-state index in [4.69, 9.17) is 9.84 Å². The number of sulfonamides is 2. The van der Waals surface area contributed by atoms with E-state index >= 15 is 0 Å². The topological polar surface area (TPSA) is 186 Å². The van der Waals surface area contributed by atoms with Crippen molar-refractivity contribution in [2.24, 2.45) is 11.8 Å². The second kappa shape index (κ2) is 26.3. The molecule has 2 aromatic rings. The van der Waals surface area contributed by atoms with Crippen LogP contribution in [0.2, 0.25) is 0 Å². The van der Waals surface area contributed by atoms with Crippen LogP contribution in [0, 0.1) is 11.8 Å². The summed E-state index contributed by atoms with van der Waals surface area (Å²) >= 11 is 0. The van der Waals surface area contributed by atoms with Crippen LogP contribution < -0.4 is 10.6 Å². The Hall–Kier alpha value is -3.74. The lowest BCUT2D eigenvalue weighted by Crippen LogP contribution is -2.55. The fourth-order valence-electron chi connectivity index (χ4n) is 8.73. The Morgan fingerprint density at radius 3 is 1.60 bits per heavy atom. The zero-order chi connectivity index (χ0) is 54.1. The van der Waals surface area contributed by atoms with Gasteiger partial charge in [0.05, 0.1) is 27.0 Å². The zero-order valence-corrected chi connectivity index (χ0v) is 45.6. The van der Waals surface area contributed by atoms with Crippen molar-refractivity contribution in [2.75, 3.05) is 40.3 Å². The lowest BCUT2D eigenvalue weighted by Gasteiger charge is -2.40. The second-order valence-corrected chi connectivity index (χ2v) is 24.5. The van der Waals surface area contributed by atoms with Crippen LogP contribution in [0.3, 0.4) is 0 Å². The van der Waals surface area contributed by atoms with E-state index in [1.54, 1.807) is 32.7 Å². The highest BCUT2D eigenvalue weighted by atomic mass is 35.5. The van der Waals surface area contributed by atoms with Crippen LogP contribution in [0.5, 0.6) is 0 Å². The summed E-state index contributed by atoms with van der Waals surface area (Å²) < 4.78 is 139. The highest BCUT2D eigenvalue weighted by Crippen LogP contribution is 2.39. The highest BCUT2D eigenvalue weighted by molar-refractivity contribution is 7.89. The molecule has 0 aromatic heterocycles. The smallest absolute Gasteiger partial charge is 0.416 e. The fourth-order valence-corrected chi connectivity index (χ4v) is 12.6. The Balaban J connectivity index is 0.000000303. The number of hydrogen-bond donors (Lipinski definition) is 3. The molecule has 4 atom stereocenters. The number of benzene rings is 2. The molecule has 0 radical (unpaired) electrons. The van der Waals surface area contributed by atoms with E-state index in [0.717, 1.165) is 67.5 Å². The Morgan fingerprint density at radius 2 is 1.22 bits per heavy atom. The van der Waals surface area contributed by atoms with E-state index in [2.05, 4.69) is 10.6 Å². The Kier molecular flexibility index (Phi) is 22.9. The van der Waals surface area contributed by atoms with Gasteiger partial charge in [-0.1, -0.05) is 39.8 Å².